The number of carbonyl (C=O) groups is 2. The van der Waals surface area contributed by atoms with Crippen molar-refractivity contribution in [1.82, 2.24) is 10.8 Å². The fraction of sp³-hybridized carbons (Fsp3) is 0.750. The van der Waals surface area contributed by atoms with Gasteiger partial charge in [-0.2, -0.15) is 0 Å². The third-order valence-corrected chi connectivity index (χ3v) is 1.24. The molecular formula is C8H16N2O4. The molecule has 0 bridgehead atoms. The number of hydrogen-bond acceptors (Lipinski definition) is 4. The first-order chi connectivity index (χ1) is 6.26. The monoisotopic (exact) mass is 204 g/mol. The van der Waals surface area contributed by atoms with E-state index in [-0.39, 0.29) is 0 Å². The van der Waals surface area contributed by atoms with Crippen molar-refractivity contribution in [2.45, 2.75) is 39.3 Å². The number of rotatable bonds is 2. The van der Waals surface area contributed by atoms with Crippen LogP contribution in [0.15, 0.2) is 0 Å². The lowest BCUT2D eigenvalue weighted by atomic mass is 10.2. The van der Waals surface area contributed by atoms with Crippen LogP contribution in [0, 0.1) is 0 Å². The van der Waals surface area contributed by atoms with Crippen LogP contribution in [0.25, 0.3) is 0 Å². The second-order valence-electron chi connectivity index (χ2n) is 3.84. The first-order valence-electron chi connectivity index (χ1n) is 4.19. The van der Waals surface area contributed by atoms with E-state index in [1.165, 1.54) is 12.4 Å². The van der Waals surface area contributed by atoms with Crippen LogP contribution < -0.4 is 10.8 Å². The SMILES string of the molecule is CC(NC(=O)OC(C)(C)C)C(=O)NO. The summed E-state index contributed by atoms with van der Waals surface area (Å²) in [7, 11) is 0. The van der Waals surface area contributed by atoms with Gasteiger partial charge in [0.1, 0.15) is 11.6 Å². The fourth-order valence-electron chi connectivity index (χ4n) is 0.647. The van der Waals surface area contributed by atoms with Gasteiger partial charge in [0, 0.05) is 0 Å². The molecule has 0 aromatic rings. The van der Waals surface area contributed by atoms with Gasteiger partial charge in [0.2, 0.25) is 0 Å². The molecule has 14 heavy (non-hydrogen) atoms. The molecule has 6 heteroatoms. The first-order valence-corrected chi connectivity index (χ1v) is 4.19. The highest BCUT2D eigenvalue weighted by atomic mass is 16.6. The lowest BCUT2D eigenvalue weighted by Crippen LogP contribution is -2.45. The third kappa shape index (κ3) is 5.36. The molecule has 0 saturated heterocycles. The van der Waals surface area contributed by atoms with E-state index < -0.39 is 23.6 Å². The molecular weight excluding hydrogens is 188 g/mol. The van der Waals surface area contributed by atoms with E-state index in [4.69, 9.17) is 9.94 Å². The van der Waals surface area contributed by atoms with Gasteiger partial charge >= 0.3 is 6.09 Å². The standard InChI is InChI=1S/C8H16N2O4/c1-5(6(11)10-13)9-7(12)14-8(2,3)4/h5,13H,1-4H3,(H,9,12)(H,10,11). The zero-order chi connectivity index (χ0) is 11.4. The summed E-state index contributed by atoms with van der Waals surface area (Å²) in [5, 5.41) is 10.5. The Hall–Kier alpha value is -1.30. The van der Waals surface area contributed by atoms with Crippen LogP contribution in [0.1, 0.15) is 27.7 Å². The maximum atomic E-state index is 11.1. The Morgan fingerprint density at radius 1 is 1.36 bits per heavy atom. The van der Waals surface area contributed by atoms with Gasteiger partial charge in [-0.25, -0.2) is 10.3 Å². The van der Waals surface area contributed by atoms with Crippen LogP contribution >= 0.6 is 0 Å². The van der Waals surface area contributed by atoms with E-state index in [1.807, 2.05) is 0 Å². The van der Waals surface area contributed by atoms with E-state index in [0.29, 0.717) is 0 Å². The van der Waals surface area contributed by atoms with Gasteiger partial charge in [-0.05, 0) is 27.7 Å². The zero-order valence-electron chi connectivity index (χ0n) is 8.75. The minimum atomic E-state index is -0.838. The molecule has 0 spiro atoms. The van der Waals surface area contributed by atoms with E-state index in [9.17, 15) is 9.59 Å². The minimum absolute atomic E-state index is 0.612. The number of hydrogen-bond donors (Lipinski definition) is 3. The fourth-order valence-corrected chi connectivity index (χ4v) is 0.647. The second kappa shape index (κ2) is 4.80. The van der Waals surface area contributed by atoms with Crippen LogP contribution in [0.2, 0.25) is 0 Å². The van der Waals surface area contributed by atoms with Crippen molar-refractivity contribution in [2.24, 2.45) is 0 Å². The molecule has 0 aliphatic carbocycles. The molecule has 2 amide bonds. The van der Waals surface area contributed by atoms with Gasteiger partial charge in [-0.15, -0.1) is 0 Å². The van der Waals surface area contributed by atoms with Crippen molar-refractivity contribution < 1.29 is 19.5 Å². The van der Waals surface area contributed by atoms with Gasteiger partial charge in [0.15, 0.2) is 0 Å². The summed E-state index contributed by atoms with van der Waals surface area (Å²) in [6.07, 6.45) is -0.700. The van der Waals surface area contributed by atoms with Gasteiger partial charge in [0.25, 0.3) is 5.91 Å². The quantitative estimate of drug-likeness (QED) is 0.449. The molecule has 0 radical (unpaired) electrons. The number of alkyl carbamates (subject to hydrolysis) is 1. The van der Waals surface area contributed by atoms with Crippen molar-refractivity contribution in [2.75, 3.05) is 0 Å². The van der Waals surface area contributed by atoms with Crippen LogP contribution in [0.4, 0.5) is 4.79 Å². The molecule has 6 nitrogen and oxygen atoms in total. The summed E-state index contributed by atoms with van der Waals surface area (Å²) in [4.78, 5) is 21.9. The van der Waals surface area contributed by atoms with E-state index in [2.05, 4.69) is 5.32 Å². The van der Waals surface area contributed by atoms with Crippen molar-refractivity contribution in [3.05, 3.63) is 0 Å². The number of amides is 2. The van der Waals surface area contributed by atoms with Gasteiger partial charge in [-0.3, -0.25) is 10.0 Å². The Labute approximate surface area is 82.6 Å². The van der Waals surface area contributed by atoms with Gasteiger partial charge in [-0.1, -0.05) is 0 Å². The average molecular weight is 204 g/mol. The molecule has 0 aliphatic heterocycles. The van der Waals surface area contributed by atoms with Crippen molar-refractivity contribution in [3.8, 4) is 0 Å². The molecule has 0 aromatic heterocycles. The Morgan fingerprint density at radius 3 is 2.21 bits per heavy atom. The predicted octanol–water partition coefficient (Wildman–Crippen LogP) is 0.405. The predicted molar refractivity (Wildman–Crippen MR) is 48.8 cm³/mol. The Balaban J connectivity index is 4.01. The van der Waals surface area contributed by atoms with Crippen LogP contribution in [-0.4, -0.2) is 28.9 Å². The molecule has 1 unspecified atom stereocenters. The molecule has 82 valence electrons. The Kier molecular flexibility index (Phi) is 4.36. The maximum Gasteiger partial charge on any atom is 0.408 e. The summed E-state index contributed by atoms with van der Waals surface area (Å²) < 4.78 is 4.89. The summed E-state index contributed by atoms with van der Waals surface area (Å²) in [6, 6.07) is -0.838. The van der Waals surface area contributed by atoms with Crippen molar-refractivity contribution in [3.63, 3.8) is 0 Å². The van der Waals surface area contributed by atoms with Crippen LogP contribution in [0.3, 0.4) is 0 Å². The molecule has 0 aliphatic rings. The van der Waals surface area contributed by atoms with E-state index in [0.717, 1.165) is 0 Å². The summed E-state index contributed by atoms with van der Waals surface area (Å²) >= 11 is 0. The highest BCUT2D eigenvalue weighted by Gasteiger charge is 2.20. The maximum absolute atomic E-state index is 11.1. The lowest BCUT2D eigenvalue weighted by Gasteiger charge is -2.21. The van der Waals surface area contributed by atoms with Crippen molar-refractivity contribution in [1.29, 1.82) is 0 Å². The molecule has 0 heterocycles. The zero-order valence-corrected chi connectivity index (χ0v) is 8.75. The summed E-state index contributed by atoms with van der Waals surface area (Å²) in [5.41, 5.74) is 0.812. The van der Waals surface area contributed by atoms with E-state index >= 15 is 0 Å². The highest BCUT2D eigenvalue weighted by Crippen LogP contribution is 2.06. The molecule has 0 aromatic carbocycles. The molecule has 0 rings (SSSR count). The van der Waals surface area contributed by atoms with Crippen LogP contribution in [0.5, 0.6) is 0 Å². The normalized spacial score (nSPS) is 12.9. The smallest absolute Gasteiger partial charge is 0.408 e. The largest absolute Gasteiger partial charge is 0.444 e. The lowest BCUT2D eigenvalue weighted by molar-refractivity contribution is -0.130. The van der Waals surface area contributed by atoms with Crippen molar-refractivity contribution >= 4 is 12.0 Å². The average Bonchev–Trinajstić information content (AvgIpc) is 1.99. The molecule has 3 N–H and O–H groups in total. The summed E-state index contributed by atoms with van der Waals surface area (Å²) in [5.74, 6) is -0.698. The third-order valence-electron chi connectivity index (χ3n) is 1.24. The minimum Gasteiger partial charge on any atom is -0.444 e. The summed E-state index contributed by atoms with van der Waals surface area (Å²) in [6.45, 7) is 6.56. The molecule has 0 saturated carbocycles. The van der Waals surface area contributed by atoms with Gasteiger partial charge < -0.3 is 10.1 Å². The molecule has 1 atom stereocenters. The molecule has 0 fully saturated rings. The second-order valence-corrected chi connectivity index (χ2v) is 3.84. The first kappa shape index (κ1) is 12.7. The Morgan fingerprint density at radius 2 is 1.86 bits per heavy atom. The topological polar surface area (TPSA) is 87.7 Å². The number of hydroxylamine groups is 1. The Bertz CT molecular complexity index is 222. The number of ether oxygens (including phenoxy) is 1. The van der Waals surface area contributed by atoms with Crippen LogP contribution in [-0.2, 0) is 9.53 Å². The number of carbonyl (C=O) groups excluding carboxylic acids is 2. The van der Waals surface area contributed by atoms with Gasteiger partial charge in [0.05, 0.1) is 0 Å². The highest BCUT2D eigenvalue weighted by molar-refractivity contribution is 5.84. The van der Waals surface area contributed by atoms with E-state index in [1.54, 1.807) is 20.8 Å². The number of nitrogens with one attached hydrogen (secondary N) is 2.